The monoisotopic (exact) mass is 705 g/mol. The van der Waals surface area contributed by atoms with Crippen molar-refractivity contribution in [3.8, 4) is 0 Å². The molecule has 1 saturated carbocycles. The first kappa shape index (κ1) is 35.5. The molecule has 1 aliphatic rings. The van der Waals surface area contributed by atoms with Gasteiger partial charge in [-0.1, -0.05) is 102 Å². The third-order valence-electron chi connectivity index (χ3n) is 9.04. The summed E-state index contributed by atoms with van der Waals surface area (Å²) < 4.78 is 29.9. The van der Waals surface area contributed by atoms with Crippen molar-refractivity contribution in [1.82, 2.24) is 10.2 Å². The summed E-state index contributed by atoms with van der Waals surface area (Å²) in [6.45, 7) is 5.11. The van der Waals surface area contributed by atoms with Crippen LogP contribution in [0.15, 0.2) is 95.9 Å². The first-order chi connectivity index (χ1) is 22.9. The molecule has 7 nitrogen and oxygen atoms in total. The van der Waals surface area contributed by atoms with Crippen molar-refractivity contribution in [2.45, 2.75) is 76.4 Å². The number of hydrogen-bond acceptors (Lipinski definition) is 4. The summed E-state index contributed by atoms with van der Waals surface area (Å²) in [5.74, 6) is -0.806. The van der Waals surface area contributed by atoms with Crippen LogP contribution in [0, 0.1) is 20.8 Å². The van der Waals surface area contributed by atoms with E-state index in [1.54, 1.807) is 54.6 Å². The van der Waals surface area contributed by atoms with Gasteiger partial charge in [0.25, 0.3) is 10.0 Å². The van der Waals surface area contributed by atoms with Crippen LogP contribution in [-0.2, 0) is 32.6 Å². The predicted octanol–water partition coefficient (Wildman–Crippen LogP) is 7.81. The van der Waals surface area contributed by atoms with Crippen molar-refractivity contribution in [3.05, 3.63) is 129 Å². The Morgan fingerprint density at radius 3 is 2.19 bits per heavy atom. The van der Waals surface area contributed by atoms with Crippen molar-refractivity contribution in [1.29, 1.82) is 0 Å². The highest BCUT2D eigenvalue weighted by atomic mass is 35.5. The Hall–Kier alpha value is -3.85. The summed E-state index contributed by atoms with van der Waals surface area (Å²) in [6.07, 6.45) is 4.05. The highest BCUT2D eigenvalue weighted by Crippen LogP contribution is 2.30. The molecule has 252 valence electrons. The summed E-state index contributed by atoms with van der Waals surface area (Å²) in [6, 6.07) is 25.6. The van der Waals surface area contributed by atoms with Crippen molar-refractivity contribution >= 4 is 50.7 Å². The molecule has 4 aromatic rings. The Labute approximate surface area is 293 Å². The number of hydrogen-bond donors (Lipinski definition) is 1. The van der Waals surface area contributed by atoms with Gasteiger partial charge in [0, 0.05) is 19.0 Å². The number of carbonyl (C=O) groups excluding carboxylic acids is 2. The molecule has 0 heterocycles. The van der Waals surface area contributed by atoms with E-state index in [0.717, 1.165) is 47.9 Å². The van der Waals surface area contributed by atoms with E-state index in [2.05, 4.69) is 5.32 Å². The third-order valence-corrected chi connectivity index (χ3v) is 11.6. The number of anilines is 1. The number of nitrogens with zero attached hydrogens (tertiary/aromatic N) is 2. The number of sulfonamides is 1. The van der Waals surface area contributed by atoms with E-state index in [-0.39, 0.29) is 29.8 Å². The van der Waals surface area contributed by atoms with Gasteiger partial charge in [0.15, 0.2) is 0 Å². The SMILES string of the molecule is Cc1ccc(S(=O)(=O)N(CC(=O)N(Cc2ccc(Cl)c(Cl)c2)C(Cc2ccccc2)C(=O)NC2CCCC2)c2cccc(C)c2C)cc1. The number of aryl methyl sites for hydroxylation is 2. The number of halogens is 2. The van der Waals surface area contributed by atoms with Crippen LogP contribution in [0.5, 0.6) is 0 Å². The standard InChI is InChI=1S/C38H41Cl2N3O4S/c1-26-16-19-32(20-17-26)48(46,47)43(35-15-9-10-27(2)28(35)3)25-37(44)42(24-30-18-21-33(39)34(40)22-30)36(23-29-11-5-4-6-12-29)38(45)41-31-13-7-8-14-31/h4-6,9-12,15-22,31,36H,7-8,13-14,23-25H2,1-3H3,(H,41,45). The molecule has 4 aromatic carbocycles. The lowest BCUT2D eigenvalue weighted by molar-refractivity contribution is -0.140. The molecule has 1 N–H and O–H groups in total. The number of nitrogens with one attached hydrogen (secondary N) is 1. The first-order valence-corrected chi connectivity index (χ1v) is 18.4. The molecule has 1 aliphatic carbocycles. The lowest BCUT2D eigenvalue weighted by atomic mass is 10.0. The zero-order chi connectivity index (χ0) is 34.4. The molecular formula is C38H41Cl2N3O4S. The number of carbonyl (C=O) groups is 2. The van der Waals surface area contributed by atoms with E-state index in [1.165, 1.54) is 9.21 Å². The summed E-state index contributed by atoms with van der Waals surface area (Å²) in [5, 5.41) is 3.87. The topological polar surface area (TPSA) is 86.8 Å². The van der Waals surface area contributed by atoms with Crippen LogP contribution in [0.25, 0.3) is 0 Å². The van der Waals surface area contributed by atoms with E-state index < -0.39 is 28.5 Å². The number of benzene rings is 4. The molecular weight excluding hydrogens is 665 g/mol. The van der Waals surface area contributed by atoms with Gasteiger partial charge in [-0.25, -0.2) is 8.42 Å². The molecule has 1 unspecified atom stereocenters. The van der Waals surface area contributed by atoms with Crippen LogP contribution >= 0.6 is 23.2 Å². The summed E-state index contributed by atoms with van der Waals surface area (Å²) in [7, 11) is -4.20. The molecule has 48 heavy (non-hydrogen) atoms. The zero-order valence-corrected chi connectivity index (χ0v) is 29.8. The van der Waals surface area contributed by atoms with E-state index in [4.69, 9.17) is 23.2 Å². The minimum atomic E-state index is -4.20. The molecule has 1 atom stereocenters. The summed E-state index contributed by atoms with van der Waals surface area (Å²) in [5.41, 5.74) is 4.45. The second kappa shape index (κ2) is 15.6. The summed E-state index contributed by atoms with van der Waals surface area (Å²) >= 11 is 12.6. The fourth-order valence-electron chi connectivity index (χ4n) is 6.11. The Morgan fingerprint density at radius 2 is 1.52 bits per heavy atom. The molecule has 1 fully saturated rings. The highest BCUT2D eigenvalue weighted by Gasteiger charge is 2.36. The van der Waals surface area contributed by atoms with Gasteiger partial charge in [0.1, 0.15) is 12.6 Å². The van der Waals surface area contributed by atoms with E-state index in [9.17, 15) is 18.0 Å². The van der Waals surface area contributed by atoms with Gasteiger partial charge in [-0.2, -0.15) is 0 Å². The largest absolute Gasteiger partial charge is 0.352 e. The number of amides is 2. The maximum atomic E-state index is 14.8. The first-order valence-electron chi connectivity index (χ1n) is 16.2. The highest BCUT2D eigenvalue weighted by molar-refractivity contribution is 7.92. The Kier molecular flexibility index (Phi) is 11.5. The smallest absolute Gasteiger partial charge is 0.264 e. The van der Waals surface area contributed by atoms with Crippen LogP contribution in [-0.4, -0.2) is 43.8 Å². The fourth-order valence-corrected chi connectivity index (χ4v) is 7.91. The van der Waals surface area contributed by atoms with Gasteiger partial charge in [0.2, 0.25) is 11.8 Å². The van der Waals surface area contributed by atoms with Crippen LogP contribution in [0.3, 0.4) is 0 Å². The predicted molar refractivity (Wildman–Crippen MR) is 193 cm³/mol. The fraction of sp³-hybridized carbons (Fsp3) is 0.316. The molecule has 0 bridgehead atoms. The lowest BCUT2D eigenvalue weighted by Gasteiger charge is -2.35. The molecule has 0 radical (unpaired) electrons. The minimum Gasteiger partial charge on any atom is -0.352 e. The third kappa shape index (κ3) is 8.41. The van der Waals surface area contributed by atoms with E-state index in [0.29, 0.717) is 21.3 Å². The molecule has 0 spiro atoms. The van der Waals surface area contributed by atoms with Crippen LogP contribution < -0.4 is 9.62 Å². The molecule has 10 heteroatoms. The Morgan fingerprint density at radius 1 is 0.833 bits per heavy atom. The van der Waals surface area contributed by atoms with Gasteiger partial charge in [-0.05, 0) is 86.2 Å². The molecule has 2 amide bonds. The molecule has 0 aromatic heterocycles. The van der Waals surface area contributed by atoms with E-state index >= 15 is 0 Å². The normalized spacial score (nSPS) is 14.0. The van der Waals surface area contributed by atoms with Gasteiger partial charge >= 0.3 is 0 Å². The second-order valence-electron chi connectivity index (χ2n) is 12.5. The van der Waals surface area contributed by atoms with Crippen LogP contribution in [0.1, 0.15) is 53.5 Å². The molecule has 0 saturated heterocycles. The Bertz CT molecular complexity index is 1860. The van der Waals surface area contributed by atoms with Gasteiger partial charge in [-0.15, -0.1) is 0 Å². The molecule has 0 aliphatic heterocycles. The van der Waals surface area contributed by atoms with Crippen molar-refractivity contribution in [3.63, 3.8) is 0 Å². The maximum absolute atomic E-state index is 14.8. The van der Waals surface area contributed by atoms with Gasteiger partial charge < -0.3 is 10.2 Å². The lowest BCUT2D eigenvalue weighted by Crippen LogP contribution is -2.54. The average molecular weight is 707 g/mol. The van der Waals surface area contributed by atoms with Crippen LogP contribution in [0.2, 0.25) is 10.0 Å². The van der Waals surface area contributed by atoms with Crippen molar-refractivity contribution < 1.29 is 18.0 Å². The number of rotatable bonds is 12. The second-order valence-corrected chi connectivity index (χ2v) is 15.2. The summed E-state index contributed by atoms with van der Waals surface area (Å²) in [4.78, 5) is 30.5. The quantitative estimate of drug-likeness (QED) is 0.163. The average Bonchev–Trinajstić information content (AvgIpc) is 3.58. The van der Waals surface area contributed by atoms with E-state index in [1.807, 2.05) is 57.2 Å². The van der Waals surface area contributed by atoms with Crippen molar-refractivity contribution in [2.75, 3.05) is 10.8 Å². The van der Waals surface area contributed by atoms with Gasteiger partial charge in [0.05, 0.1) is 20.6 Å². The minimum absolute atomic E-state index is 0.0104. The molecule has 5 rings (SSSR count). The van der Waals surface area contributed by atoms with Gasteiger partial charge in [-0.3, -0.25) is 13.9 Å². The Balaban J connectivity index is 1.60. The maximum Gasteiger partial charge on any atom is 0.264 e. The van der Waals surface area contributed by atoms with Crippen LogP contribution in [0.4, 0.5) is 5.69 Å². The van der Waals surface area contributed by atoms with Crippen molar-refractivity contribution in [2.24, 2.45) is 0 Å². The zero-order valence-electron chi connectivity index (χ0n) is 27.5.